The van der Waals surface area contributed by atoms with Crippen LogP contribution in [0.5, 0.6) is 0 Å². The number of fused-ring (bicyclic) bond motifs is 1. The predicted octanol–water partition coefficient (Wildman–Crippen LogP) is 2.54. The first-order valence-corrected chi connectivity index (χ1v) is 9.09. The summed E-state index contributed by atoms with van der Waals surface area (Å²) in [4.78, 5) is 17.1. The van der Waals surface area contributed by atoms with Gasteiger partial charge in [0.1, 0.15) is 0 Å². The van der Waals surface area contributed by atoms with Gasteiger partial charge in [-0.2, -0.15) is 5.10 Å². The first kappa shape index (κ1) is 16.1. The van der Waals surface area contributed by atoms with Crippen LogP contribution >= 0.6 is 0 Å². The quantitative estimate of drug-likeness (QED) is 0.846. The standard InChI is InChI=1S/C20H24N4O/c1-14-5-3-6-15(2)19(14)20(25)24-11-9-23(10-12-24)18-13-16-7-4-8-17(16)21-22-18/h3,5-6,13H,4,7-12H2,1-2H3. The maximum absolute atomic E-state index is 12.9. The van der Waals surface area contributed by atoms with Crippen LogP contribution in [0, 0.1) is 13.8 Å². The number of aromatic nitrogens is 2. The van der Waals surface area contributed by atoms with Gasteiger partial charge in [0.2, 0.25) is 0 Å². The van der Waals surface area contributed by atoms with Gasteiger partial charge in [0.25, 0.3) is 5.91 Å². The van der Waals surface area contributed by atoms with Crippen molar-refractivity contribution in [2.75, 3.05) is 31.1 Å². The lowest BCUT2D eigenvalue weighted by Crippen LogP contribution is -2.49. The molecule has 0 atom stereocenters. The number of nitrogens with zero attached hydrogens (tertiary/aromatic N) is 4. The Morgan fingerprint density at radius 1 is 1.00 bits per heavy atom. The number of carbonyl (C=O) groups is 1. The van der Waals surface area contributed by atoms with Crippen LogP contribution in [0.15, 0.2) is 24.3 Å². The molecule has 1 aliphatic carbocycles. The van der Waals surface area contributed by atoms with Gasteiger partial charge in [0.05, 0.1) is 5.69 Å². The summed E-state index contributed by atoms with van der Waals surface area (Å²) in [5, 5.41) is 8.79. The summed E-state index contributed by atoms with van der Waals surface area (Å²) in [7, 11) is 0. The van der Waals surface area contributed by atoms with Crippen LogP contribution < -0.4 is 4.90 Å². The van der Waals surface area contributed by atoms with Crippen LogP contribution in [0.3, 0.4) is 0 Å². The minimum atomic E-state index is 0.148. The Hall–Kier alpha value is -2.43. The molecule has 0 radical (unpaired) electrons. The highest BCUT2D eigenvalue weighted by atomic mass is 16.2. The Labute approximate surface area is 148 Å². The molecule has 0 unspecified atom stereocenters. The van der Waals surface area contributed by atoms with E-state index in [1.807, 2.05) is 36.9 Å². The molecule has 0 N–H and O–H groups in total. The lowest BCUT2D eigenvalue weighted by molar-refractivity contribution is 0.0745. The molecule has 2 aliphatic rings. The van der Waals surface area contributed by atoms with Crippen molar-refractivity contribution in [3.05, 3.63) is 52.2 Å². The number of aryl methyl sites for hydroxylation is 4. The molecule has 0 bridgehead atoms. The van der Waals surface area contributed by atoms with Gasteiger partial charge in [-0.1, -0.05) is 18.2 Å². The van der Waals surface area contributed by atoms with Gasteiger partial charge < -0.3 is 9.80 Å². The fourth-order valence-electron chi connectivity index (χ4n) is 3.92. The number of hydrogen-bond acceptors (Lipinski definition) is 4. The minimum Gasteiger partial charge on any atom is -0.352 e. The van der Waals surface area contributed by atoms with Gasteiger partial charge in [-0.15, -0.1) is 5.10 Å². The SMILES string of the molecule is Cc1cccc(C)c1C(=O)N1CCN(c2cc3c(nn2)CCC3)CC1. The average Bonchev–Trinajstić information content (AvgIpc) is 3.09. The van der Waals surface area contributed by atoms with Gasteiger partial charge in [0, 0.05) is 31.7 Å². The highest BCUT2D eigenvalue weighted by Gasteiger charge is 2.25. The van der Waals surface area contributed by atoms with Crippen LogP contribution in [0.1, 0.15) is 39.2 Å². The molecule has 1 amide bonds. The fraction of sp³-hybridized carbons (Fsp3) is 0.450. The van der Waals surface area contributed by atoms with E-state index < -0.39 is 0 Å². The van der Waals surface area contributed by atoms with Crippen molar-refractivity contribution < 1.29 is 4.79 Å². The Balaban J connectivity index is 1.45. The van der Waals surface area contributed by atoms with Gasteiger partial charge in [0.15, 0.2) is 5.82 Å². The smallest absolute Gasteiger partial charge is 0.254 e. The molecule has 4 rings (SSSR count). The van der Waals surface area contributed by atoms with Crippen LogP contribution in [0.4, 0.5) is 5.82 Å². The van der Waals surface area contributed by atoms with E-state index in [4.69, 9.17) is 0 Å². The molecule has 130 valence electrons. The molecule has 0 spiro atoms. The average molecular weight is 336 g/mol. The summed E-state index contributed by atoms with van der Waals surface area (Å²) in [6, 6.07) is 8.22. The molecule has 2 aromatic rings. The molecule has 1 aromatic heterocycles. The molecule has 2 heterocycles. The summed E-state index contributed by atoms with van der Waals surface area (Å²) in [6.07, 6.45) is 3.36. The summed E-state index contributed by atoms with van der Waals surface area (Å²) < 4.78 is 0. The number of anilines is 1. The topological polar surface area (TPSA) is 49.3 Å². The molecular weight excluding hydrogens is 312 g/mol. The molecule has 0 saturated carbocycles. The van der Waals surface area contributed by atoms with Crippen molar-refractivity contribution in [2.45, 2.75) is 33.1 Å². The molecule has 5 heteroatoms. The van der Waals surface area contributed by atoms with E-state index in [9.17, 15) is 4.79 Å². The lowest BCUT2D eigenvalue weighted by atomic mass is 10.0. The molecule has 1 aliphatic heterocycles. The zero-order chi connectivity index (χ0) is 17.4. The first-order chi connectivity index (χ1) is 12.1. The number of carbonyl (C=O) groups excluding carboxylic acids is 1. The van der Waals surface area contributed by atoms with E-state index in [1.54, 1.807) is 0 Å². The van der Waals surface area contributed by atoms with Crippen molar-refractivity contribution in [2.24, 2.45) is 0 Å². The summed E-state index contributed by atoms with van der Waals surface area (Å²) in [5.41, 5.74) is 5.47. The zero-order valence-corrected chi connectivity index (χ0v) is 15.0. The predicted molar refractivity (Wildman–Crippen MR) is 98.1 cm³/mol. The number of amides is 1. The van der Waals surface area contributed by atoms with Crippen molar-refractivity contribution >= 4 is 11.7 Å². The van der Waals surface area contributed by atoms with E-state index in [0.717, 1.165) is 67.2 Å². The number of piperazine rings is 1. The molecule has 1 fully saturated rings. The van der Waals surface area contributed by atoms with Crippen molar-refractivity contribution in [1.82, 2.24) is 15.1 Å². The molecule has 1 saturated heterocycles. The Kier molecular flexibility index (Phi) is 4.15. The maximum Gasteiger partial charge on any atom is 0.254 e. The zero-order valence-electron chi connectivity index (χ0n) is 15.0. The summed E-state index contributed by atoms with van der Waals surface area (Å²) in [5.74, 6) is 1.11. The number of hydrogen-bond donors (Lipinski definition) is 0. The summed E-state index contributed by atoms with van der Waals surface area (Å²) in [6.45, 7) is 7.10. The van der Waals surface area contributed by atoms with E-state index in [1.165, 1.54) is 12.0 Å². The van der Waals surface area contributed by atoms with E-state index >= 15 is 0 Å². The van der Waals surface area contributed by atoms with Gasteiger partial charge in [-0.3, -0.25) is 4.79 Å². The van der Waals surface area contributed by atoms with Crippen molar-refractivity contribution in [3.8, 4) is 0 Å². The second kappa shape index (κ2) is 6.47. The van der Waals surface area contributed by atoms with E-state index in [-0.39, 0.29) is 5.91 Å². The molecular formula is C20H24N4O. The number of rotatable bonds is 2. The van der Waals surface area contributed by atoms with Gasteiger partial charge in [-0.05, 0) is 55.9 Å². The Morgan fingerprint density at radius 2 is 1.72 bits per heavy atom. The lowest BCUT2D eigenvalue weighted by Gasteiger charge is -2.35. The van der Waals surface area contributed by atoms with Crippen LogP contribution in [0.2, 0.25) is 0 Å². The van der Waals surface area contributed by atoms with Crippen molar-refractivity contribution in [1.29, 1.82) is 0 Å². The third-order valence-corrected chi connectivity index (χ3v) is 5.39. The fourth-order valence-corrected chi connectivity index (χ4v) is 3.92. The highest BCUT2D eigenvalue weighted by molar-refractivity contribution is 5.97. The normalized spacial score (nSPS) is 16.9. The third-order valence-electron chi connectivity index (χ3n) is 5.39. The number of benzene rings is 1. The van der Waals surface area contributed by atoms with Crippen LogP contribution in [-0.4, -0.2) is 47.2 Å². The van der Waals surface area contributed by atoms with Gasteiger partial charge in [-0.25, -0.2) is 0 Å². The first-order valence-electron chi connectivity index (χ1n) is 9.09. The Morgan fingerprint density at radius 3 is 2.44 bits per heavy atom. The van der Waals surface area contributed by atoms with Crippen molar-refractivity contribution in [3.63, 3.8) is 0 Å². The Bertz CT molecular complexity index is 789. The minimum absolute atomic E-state index is 0.148. The van der Waals surface area contributed by atoms with E-state index in [2.05, 4.69) is 21.2 Å². The van der Waals surface area contributed by atoms with E-state index in [0.29, 0.717) is 0 Å². The van der Waals surface area contributed by atoms with Crippen LogP contribution in [-0.2, 0) is 12.8 Å². The second-order valence-electron chi connectivity index (χ2n) is 7.07. The molecule has 1 aromatic carbocycles. The molecule has 5 nitrogen and oxygen atoms in total. The maximum atomic E-state index is 12.9. The van der Waals surface area contributed by atoms with Crippen LogP contribution in [0.25, 0.3) is 0 Å². The van der Waals surface area contributed by atoms with Gasteiger partial charge >= 0.3 is 0 Å². The second-order valence-corrected chi connectivity index (χ2v) is 7.07. The third kappa shape index (κ3) is 2.99. The monoisotopic (exact) mass is 336 g/mol. The molecule has 25 heavy (non-hydrogen) atoms. The summed E-state index contributed by atoms with van der Waals surface area (Å²) >= 11 is 0. The largest absolute Gasteiger partial charge is 0.352 e. The highest BCUT2D eigenvalue weighted by Crippen LogP contribution is 2.24.